The van der Waals surface area contributed by atoms with Gasteiger partial charge in [0.25, 0.3) is 0 Å². The van der Waals surface area contributed by atoms with Gasteiger partial charge in [-0.2, -0.15) is 0 Å². The summed E-state index contributed by atoms with van der Waals surface area (Å²) in [5.74, 6) is -0.434. The van der Waals surface area contributed by atoms with E-state index >= 15 is 0 Å². The Morgan fingerprint density at radius 1 is 1.11 bits per heavy atom. The second kappa shape index (κ2) is 12.7. The Balaban J connectivity index is 1.58. The minimum absolute atomic E-state index is 0.00258. The fourth-order valence-corrected chi connectivity index (χ4v) is 4.27. The van der Waals surface area contributed by atoms with Crippen molar-refractivity contribution >= 4 is 12.0 Å². The quantitative estimate of drug-likeness (QED) is 0.452. The van der Waals surface area contributed by atoms with Gasteiger partial charge in [0, 0.05) is 5.92 Å². The molecule has 0 unspecified atom stereocenters. The number of aliphatic hydroxyl groups is 1. The van der Waals surface area contributed by atoms with Crippen molar-refractivity contribution in [2.75, 3.05) is 13.7 Å². The van der Waals surface area contributed by atoms with Gasteiger partial charge in [-0.1, -0.05) is 62.4 Å². The van der Waals surface area contributed by atoms with Crippen molar-refractivity contribution in [2.45, 2.75) is 59.0 Å². The number of nitrogens with zero attached hydrogens (tertiary/aromatic N) is 1. The van der Waals surface area contributed by atoms with Gasteiger partial charge in [-0.05, 0) is 49.1 Å². The molecule has 1 aliphatic heterocycles. The molecule has 36 heavy (non-hydrogen) atoms. The lowest BCUT2D eigenvalue weighted by Gasteiger charge is -2.27. The summed E-state index contributed by atoms with van der Waals surface area (Å²) in [6.07, 6.45) is 0.645. The summed E-state index contributed by atoms with van der Waals surface area (Å²) in [5, 5.41) is 10.9. The average Bonchev–Trinajstić information content (AvgIpc) is 3.26. The minimum atomic E-state index is -1.03. The first kappa shape index (κ1) is 27.4. The first-order valence-corrected chi connectivity index (χ1v) is 12.4. The molecular weight excluding hydrogens is 458 g/mol. The zero-order valence-corrected chi connectivity index (χ0v) is 21.7. The Kier molecular flexibility index (Phi) is 9.67. The zero-order chi connectivity index (χ0) is 26.2. The van der Waals surface area contributed by atoms with Gasteiger partial charge in [0.15, 0.2) is 0 Å². The van der Waals surface area contributed by atoms with E-state index in [1.165, 1.54) is 0 Å². The summed E-state index contributed by atoms with van der Waals surface area (Å²) >= 11 is 0. The number of imide groups is 1. The minimum Gasteiger partial charge on any atom is -0.497 e. The molecule has 2 aromatic rings. The van der Waals surface area contributed by atoms with Gasteiger partial charge in [-0.3, -0.25) is 4.79 Å². The van der Waals surface area contributed by atoms with Gasteiger partial charge in [0.1, 0.15) is 12.4 Å². The van der Waals surface area contributed by atoms with Crippen LogP contribution in [0, 0.1) is 11.8 Å². The van der Waals surface area contributed by atoms with Crippen molar-refractivity contribution in [3.63, 3.8) is 0 Å². The lowest BCUT2D eigenvalue weighted by Crippen LogP contribution is -2.46. The van der Waals surface area contributed by atoms with E-state index in [0.717, 1.165) is 21.8 Å². The standard InChI is InChI=1S/C29H37NO6/c1-19(22(4)35-17-24-11-13-26(34-5)14-12-24)15-20(2)27(31)21(3)28(32)30-25(18-36-29(30)33)16-23-9-7-6-8-10-23/h6-15,19,21-22,25,27,31H,16-18H2,1-5H3/b20-15+/t19-,21+,22-,25+,27-/m0/s1. The number of rotatable bonds is 11. The van der Waals surface area contributed by atoms with E-state index < -0.39 is 30.1 Å². The number of carbonyl (C=O) groups excluding carboxylic acids is 2. The molecule has 3 rings (SSSR count). The van der Waals surface area contributed by atoms with Crippen LogP contribution in [0.5, 0.6) is 5.75 Å². The van der Waals surface area contributed by atoms with Crippen LogP contribution in [0.2, 0.25) is 0 Å². The number of amides is 2. The van der Waals surface area contributed by atoms with Crippen molar-refractivity contribution < 1.29 is 28.9 Å². The highest BCUT2D eigenvalue weighted by Crippen LogP contribution is 2.24. The molecule has 1 aliphatic rings. The number of ether oxygens (including phenoxy) is 3. The van der Waals surface area contributed by atoms with Crippen molar-refractivity contribution in [1.29, 1.82) is 0 Å². The van der Waals surface area contributed by atoms with Gasteiger partial charge >= 0.3 is 6.09 Å². The Labute approximate surface area is 213 Å². The molecule has 1 saturated heterocycles. The number of hydrogen-bond donors (Lipinski definition) is 1. The number of hydrogen-bond acceptors (Lipinski definition) is 6. The van der Waals surface area contributed by atoms with E-state index in [4.69, 9.17) is 14.2 Å². The largest absolute Gasteiger partial charge is 0.497 e. The fraction of sp³-hybridized carbons (Fsp3) is 0.448. The Morgan fingerprint density at radius 2 is 1.78 bits per heavy atom. The van der Waals surface area contributed by atoms with Crippen LogP contribution >= 0.6 is 0 Å². The van der Waals surface area contributed by atoms with E-state index in [1.807, 2.05) is 74.5 Å². The van der Waals surface area contributed by atoms with Crippen LogP contribution in [0.1, 0.15) is 38.8 Å². The number of cyclic esters (lactones) is 1. The van der Waals surface area contributed by atoms with E-state index in [0.29, 0.717) is 18.6 Å². The summed E-state index contributed by atoms with van der Waals surface area (Å²) in [6, 6.07) is 17.0. The first-order chi connectivity index (χ1) is 17.2. The van der Waals surface area contributed by atoms with E-state index in [1.54, 1.807) is 21.0 Å². The molecule has 0 saturated carbocycles. The van der Waals surface area contributed by atoms with E-state index in [2.05, 4.69) is 0 Å². The summed E-state index contributed by atoms with van der Waals surface area (Å²) < 4.78 is 16.4. The summed E-state index contributed by atoms with van der Waals surface area (Å²) in [7, 11) is 1.63. The third-order valence-electron chi connectivity index (χ3n) is 6.78. The topological polar surface area (TPSA) is 85.3 Å². The molecule has 0 radical (unpaired) electrons. The highest BCUT2D eigenvalue weighted by Gasteiger charge is 2.41. The molecule has 1 fully saturated rings. The van der Waals surface area contributed by atoms with Gasteiger partial charge in [0.05, 0.1) is 37.9 Å². The van der Waals surface area contributed by atoms with Crippen LogP contribution < -0.4 is 4.74 Å². The Hall–Kier alpha value is -3.16. The molecule has 7 heteroatoms. The molecular formula is C29H37NO6. The zero-order valence-electron chi connectivity index (χ0n) is 21.7. The lowest BCUT2D eigenvalue weighted by atomic mass is 9.92. The van der Waals surface area contributed by atoms with Crippen LogP contribution in [0.3, 0.4) is 0 Å². The third-order valence-corrected chi connectivity index (χ3v) is 6.78. The maximum absolute atomic E-state index is 13.2. The maximum Gasteiger partial charge on any atom is 0.416 e. The molecule has 0 bridgehead atoms. The summed E-state index contributed by atoms with van der Waals surface area (Å²) in [6.45, 7) is 8.04. The molecule has 2 amide bonds. The van der Waals surface area contributed by atoms with Crippen LogP contribution in [-0.2, 0) is 27.3 Å². The van der Waals surface area contributed by atoms with Crippen molar-refractivity contribution in [3.05, 3.63) is 77.4 Å². The van der Waals surface area contributed by atoms with E-state index in [-0.39, 0.29) is 18.6 Å². The molecule has 7 nitrogen and oxygen atoms in total. The molecule has 5 atom stereocenters. The third kappa shape index (κ3) is 6.95. The van der Waals surface area contributed by atoms with Crippen molar-refractivity contribution in [3.8, 4) is 5.75 Å². The van der Waals surface area contributed by atoms with Crippen molar-refractivity contribution in [2.24, 2.45) is 11.8 Å². The second-order valence-electron chi connectivity index (χ2n) is 9.50. The average molecular weight is 496 g/mol. The van der Waals surface area contributed by atoms with Crippen molar-refractivity contribution in [1.82, 2.24) is 4.90 Å². The van der Waals surface area contributed by atoms with Crippen LogP contribution in [0.25, 0.3) is 0 Å². The number of carbonyl (C=O) groups is 2. The van der Waals surface area contributed by atoms with Gasteiger partial charge in [0.2, 0.25) is 5.91 Å². The second-order valence-corrected chi connectivity index (χ2v) is 9.50. The fourth-order valence-electron chi connectivity index (χ4n) is 4.27. The number of benzene rings is 2. The lowest BCUT2D eigenvalue weighted by molar-refractivity contribution is -0.135. The molecule has 2 aromatic carbocycles. The molecule has 1 N–H and O–H groups in total. The summed E-state index contributed by atoms with van der Waals surface area (Å²) in [5.41, 5.74) is 2.72. The van der Waals surface area contributed by atoms with E-state index in [9.17, 15) is 14.7 Å². The SMILES string of the molecule is COc1ccc(CO[C@@H](C)[C@@H](C)/C=C(\C)[C@H](O)[C@@H](C)C(=O)N2C(=O)OC[C@H]2Cc2ccccc2)cc1. The molecule has 0 aromatic heterocycles. The normalized spacial score (nSPS) is 19.4. The molecule has 0 spiro atoms. The molecule has 0 aliphatic carbocycles. The van der Waals surface area contributed by atoms with Gasteiger partial charge < -0.3 is 19.3 Å². The van der Waals surface area contributed by atoms with Gasteiger partial charge in [-0.25, -0.2) is 9.69 Å². The molecule has 194 valence electrons. The predicted molar refractivity (Wildman–Crippen MR) is 137 cm³/mol. The molecule has 1 heterocycles. The first-order valence-electron chi connectivity index (χ1n) is 12.4. The summed E-state index contributed by atoms with van der Waals surface area (Å²) in [4.78, 5) is 26.8. The highest BCUT2D eigenvalue weighted by molar-refractivity contribution is 5.95. The number of aliphatic hydroxyl groups excluding tert-OH is 1. The van der Waals surface area contributed by atoms with Crippen LogP contribution in [0.15, 0.2) is 66.2 Å². The Bertz CT molecular complexity index is 1040. The highest BCUT2D eigenvalue weighted by atomic mass is 16.6. The smallest absolute Gasteiger partial charge is 0.416 e. The van der Waals surface area contributed by atoms with Crippen LogP contribution in [0.4, 0.5) is 4.79 Å². The monoisotopic (exact) mass is 495 g/mol. The van der Waals surface area contributed by atoms with Gasteiger partial charge in [-0.15, -0.1) is 0 Å². The maximum atomic E-state index is 13.2. The Morgan fingerprint density at radius 3 is 2.42 bits per heavy atom. The predicted octanol–water partition coefficient (Wildman–Crippen LogP) is 4.77. The van der Waals surface area contributed by atoms with Crippen LogP contribution in [-0.4, -0.2) is 54.0 Å². The number of methoxy groups -OCH3 is 1.